The molecule has 8 nitrogen and oxygen atoms in total. The fourth-order valence-electron chi connectivity index (χ4n) is 2.65. The zero-order valence-electron chi connectivity index (χ0n) is 13.4. The van der Waals surface area contributed by atoms with Crippen LogP contribution in [0.2, 0.25) is 0 Å². The van der Waals surface area contributed by atoms with Crippen LogP contribution in [0.1, 0.15) is 18.5 Å². The predicted molar refractivity (Wildman–Crippen MR) is 85.4 cm³/mol. The molecule has 0 fully saturated rings. The van der Waals surface area contributed by atoms with E-state index in [1.165, 1.54) is 13.4 Å². The molecule has 0 spiro atoms. The Labute approximate surface area is 138 Å². The molecule has 2 heterocycles. The molecule has 8 heteroatoms. The molecule has 1 atom stereocenters. The second kappa shape index (κ2) is 6.71. The Hall–Kier alpha value is -2.87. The van der Waals surface area contributed by atoms with Crippen molar-refractivity contribution in [2.24, 2.45) is 0 Å². The summed E-state index contributed by atoms with van der Waals surface area (Å²) in [5.74, 6) is 0.165. The van der Waals surface area contributed by atoms with Gasteiger partial charge in [0.2, 0.25) is 5.95 Å². The van der Waals surface area contributed by atoms with Gasteiger partial charge in [-0.25, -0.2) is 9.48 Å². The van der Waals surface area contributed by atoms with Crippen molar-refractivity contribution in [1.29, 1.82) is 0 Å². The lowest BCUT2D eigenvalue weighted by Crippen LogP contribution is -2.30. The molecule has 1 aliphatic rings. The highest BCUT2D eigenvalue weighted by molar-refractivity contribution is 5.92. The fraction of sp³-hybridized carbons (Fsp3) is 0.312. The first kappa shape index (κ1) is 16.0. The van der Waals surface area contributed by atoms with Crippen molar-refractivity contribution in [3.05, 3.63) is 47.4 Å². The quantitative estimate of drug-likeness (QED) is 0.632. The maximum Gasteiger partial charge on any atom is 0.338 e. The summed E-state index contributed by atoms with van der Waals surface area (Å²) in [5.41, 5.74) is 1.75. The average molecular weight is 330 g/mol. The Morgan fingerprint density at radius 3 is 3.00 bits per heavy atom. The van der Waals surface area contributed by atoms with Gasteiger partial charge in [0, 0.05) is 12.8 Å². The highest BCUT2D eigenvalue weighted by Gasteiger charge is 2.34. The van der Waals surface area contributed by atoms with Crippen LogP contribution in [0.4, 0.5) is 5.95 Å². The maximum absolute atomic E-state index is 12.6. The Balaban J connectivity index is 2.02. The first-order chi connectivity index (χ1) is 11.6. The minimum Gasteiger partial charge on any atom is -0.508 e. The van der Waals surface area contributed by atoms with Crippen LogP contribution in [0, 0.1) is 0 Å². The van der Waals surface area contributed by atoms with E-state index in [1.54, 1.807) is 29.8 Å². The Bertz CT molecular complexity index is 784. The van der Waals surface area contributed by atoms with Crippen molar-refractivity contribution >= 4 is 11.9 Å². The third-order valence-electron chi connectivity index (χ3n) is 3.72. The number of carbonyl (C=O) groups is 1. The van der Waals surface area contributed by atoms with Crippen LogP contribution in [0.5, 0.6) is 5.75 Å². The number of fused-ring (bicyclic) bond motifs is 1. The van der Waals surface area contributed by atoms with Gasteiger partial charge < -0.3 is 19.9 Å². The van der Waals surface area contributed by atoms with Gasteiger partial charge in [0.25, 0.3) is 0 Å². The molecule has 2 aromatic rings. The Morgan fingerprint density at radius 1 is 1.42 bits per heavy atom. The molecule has 1 aromatic heterocycles. The monoisotopic (exact) mass is 330 g/mol. The lowest BCUT2D eigenvalue weighted by atomic mass is 9.95. The molecule has 1 aromatic carbocycles. The normalized spacial score (nSPS) is 16.5. The minimum atomic E-state index is -0.536. The lowest BCUT2D eigenvalue weighted by Gasteiger charge is -2.28. The standard InChI is InChI=1S/C16H18N4O4/c1-10-13(15(22)24-7-6-23-2)14(11-4-3-5-12(21)8-11)20-16(19-10)17-9-18-20/h3-5,8-9,14,21H,6-7H2,1-2H3,(H,17,18,19)/t14-/m1/s1. The summed E-state index contributed by atoms with van der Waals surface area (Å²) in [6.45, 7) is 2.25. The molecule has 3 rings (SSSR count). The number of hydrogen-bond acceptors (Lipinski definition) is 7. The molecule has 0 bridgehead atoms. The number of methoxy groups -OCH3 is 1. The summed E-state index contributed by atoms with van der Waals surface area (Å²) in [5, 5.41) is 17.0. The molecule has 0 saturated carbocycles. The number of carbonyl (C=O) groups excluding carboxylic acids is 1. The maximum atomic E-state index is 12.6. The van der Waals surface area contributed by atoms with Crippen molar-refractivity contribution in [3.63, 3.8) is 0 Å². The zero-order valence-corrected chi connectivity index (χ0v) is 13.4. The zero-order chi connectivity index (χ0) is 17.1. The van der Waals surface area contributed by atoms with Crippen LogP contribution in [0.15, 0.2) is 41.9 Å². The van der Waals surface area contributed by atoms with E-state index >= 15 is 0 Å². The van der Waals surface area contributed by atoms with Gasteiger partial charge in [0.05, 0.1) is 12.2 Å². The van der Waals surface area contributed by atoms with E-state index in [0.29, 0.717) is 29.4 Å². The number of allylic oxidation sites excluding steroid dienone is 1. The number of phenols is 1. The van der Waals surface area contributed by atoms with E-state index in [9.17, 15) is 9.90 Å². The number of benzene rings is 1. The van der Waals surface area contributed by atoms with Crippen LogP contribution in [-0.4, -0.2) is 46.2 Å². The van der Waals surface area contributed by atoms with Crippen molar-refractivity contribution in [1.82, 2.24) is 14.8 Å². The average Bonchev–Trinajstić information content (AvgIpc) is 3.01. The molecule has 2 N–H and O–H groups in total. The summed E-state index contributed by atoms with van der Waals surface area (Å²) >= 11 is 0. The summed E-state index contributed by atoms with van der Waals surface area (Å²) in [6, 6.07) is 6.16. The molecular formula is C16H18N4O4. The van der Waals surface area contributed by atoms with Gasteiger partial charge in [-0.3, -0.25) is 0 Å². The molecule has 24 heavy (non-hydrogen) atoms. The van der Waals surface area contributed by atoms with Crippen LogP contribution >= 0.6 is 0 Å². The number of anilines is 1. The number of ether oxygens (including phenoxy) is 2. The van der Waals surface area contributed by atoms with E-state index in [0.717, 1.165) is 0 Å². The Morgan fingerprint density at radius 2 is 2.25 bits per heavy atom. The molecule has 0 amide bonds. The number of nitrogens with zero attached hydrogens (tertiary/aromatic N) is 3. The van der Waals surface area contributed by atoms with Gasteiger partial charge in [-0.2, -0.15) is 10.1 Å². The first-order valence-corrected chi connectivity index (χ1v) is 7.44. The topological polar surface area (TPSA) is 98.5 Å². The molecule has 0 unspecified atom stereocenters. The third kappa shape index (κ3) is 2.95. The van der Waals surface area contributed by atoms with Crippen LogP contribution in [0.25, 0.3) is 0 Å². The molecule has 1 aliphatic heterocycles. The fourth-order valence-corrected chi connectivity index (χ4v) is 2.65. The van der Waals surface area contributed by atoms with E-state index < -0.39 is 12.0 Å². The second-order valence-corrected chi connectivity index (χ2v) is 5.32. The number of nitrogens with one attached hydrogen (secondary N) is 1. The summed E-state index contributed by atoms with van der Waals surface area (Å²) in [7, 11) is 1.54. The molecule has 0 saturated heterocycles. The molecule has 0 radical (unpaired) electrons. The molecule has 0 aliphatic carbocycles. The third-order valence-corrected chi connectivity index (χ3v) is 3.72. The minimum absolute atomic E-state index is 0.109. The number of rotatable bonds is 5. The van der Waals surface area contributed by atoms with Gasteiger partial charge in [0.15, 0.2) is 0 Å². The number of esters is 1. The first-order valence-electron chi connectivity index (χ1n) is 7.44. The lowest BCUT2D eigenvalue weighted by molar-refractivity contribution is -0.140. The van der Waals surface area contributed by atoms with E-state index in [1.807, 2.05) is 6.07 Å². The van der Waals surface area contributed by atoms with E-state index in [-0.39, 0.29) is 12.4 Å². The SMILES string of the molecule is COCCOC(=O)C1=C(C)Nc2ncnn2[C@@H]1c1cccc(O)c1. The smallest absolute Gasteiger partial charge is 0.338 e. The summed E-state index contributed by atoms with van der Waals surface area (Å²) in [4.78, 5) is 16.7. The highest BCUT2D eigenvalue weighted by Crippen LogP contribution is 2.35. The van der Waals surface area contributed by atoms with Gasteiger partial charge in [0.1, 0.15) is 24.7 Å². The molecular weight excluding hydrogens is 312 g/mol. The van der Waals surface area contributed by atoms with Crippen molar-refractivity contribution < 1.29 is 19.4 Å². The number of aromatic nitrogens is 3. The second-order valence-electron chi connectivity index (χ2n) is 5.32. The number of hydrogen-bond donors (Lipinski definition) is 2. The van der Waals surface area contributed by atoms with Crippen molar-refractivity contribution in [2.45, 2.75) is 13.0 Å². The van der Waals surface area contributed by atoms with Crippen molar-refractivity contribution in [2.75, 3.05) is 25.6 Å². The van der Waals surface area contributed by atoms with Gasteiger partial charge in [-0.05, 0) is 24.6 Å². The Kier molecular flexibility index (Phi) is 4.48. The summed E-state index contributed by atoms with van der Waals surface area (Å²) < 4.78 is 11.8. The summed E-state index contributed by atoms with van der Waals surface area (Å²) in [6.07, 6.45) is 1.41. The largest absolute Gasteiger partial charge is 0.508 e. The van der Waals surface area contributed by atoms with E-state index in [4.69, 9.17) is 9.47 Å². The van der Waals surface area contributed by atoms with Crippen LogP contribution in [-0.2, 0) is 14.3 Å². The van der Waals surface area contributed by atoms with Gasteiger partial charge >= 0.3 is 5.97 Å². The van der Waals surface area contributed by atoms with E-state index in [2.05, 4.69) is 15.4 Å². The number of phenolic OH excluding ortho intramolecular Hbond substituents is 1. The van der Waals surface area contributed by atoms with Gasteiger partial charge in [-0.15, -0.1) is 0 Å². The number of aromatic hydroxyl groups is 1. The predicted octanol–water partition coefficient (Wildman–Crippen LogP) is 1.46. The van der Waals surface area contributed by atoms with Crippen LogP contribution in [0.3, 0.4) is 0 Å². The highest BCUT2D eigenvalue weighted by atomic mass is 16.6. The van der Waals surface area contributed by atoms with Crippen molar-refractivity contribution in [3.8, 4) is 5.75 Å². The molecule has 126 valence electrons. The van der Waals surface area contributed by atoms with Crippen LogP contribution < -0.4 is 5.32 Å². The van der Waals surface area contributed by atoms with Gasteiger partial charge in [-0.1, -0.05) is 12.1 Å².